The fraction of sp³-hybridized carbons (Fsp3) is 1.00. The van der Waals surface area contributed by atoms with E-state index in [9.17, 15) is 9.50 Å². The molecule has 1 atom stereocenters. The van der Waals surface area contributed by atoms with E-state index in [1.54, 1.807) is 0 Å². The zero-order valence-corrected chi connectivity index (χ0v) is 7.52. The normalized spacial score (nSPS) is 40.2. The predicted octanol–water partition coefficient (Wildman–Crippen LogP) is 0.945. The molecule has 2 rings (SSSR count). The summed E-state index contributed by atoms with van der Waals surface area (Å²) in [6.45, 7) is 3.84. The lowest BCUT2D eigenvalue weighted by atomic mass is 10.1. The topological polar surface area (TPSA) is 23.5 Å². The summed E-state index contributed by atoms with van der Waals surface area (Å²) in [4.78, 5) is 2.03. The Bertz CT molecular complexity index is 189. The number of alkyl halides is 1. The third-order valence-corrected chi connectivity index (χ3v) is 2.83. The Hall–Kier alpha value is -0.150. The summed E-state index contributed by atoms with van der Waals surface area (Å²) in [5.74, 6) is 0. The SMILES string of the molecule is CC1(O)CCN(CC2(F)CC2)C1. The molecule has 12 heavy (non-hydrogen) atoms. The molecule has 1 aliphatic heterocycles. The molecule has 1 heterocycles. The van der Waals surface area contributed by atoms with Crippen molar-refractivity contribution in [3.8, 4) is 0 Å². The molecule has 70 valence electrons. The molecule has 1 saturated heterocycles. The molecule has 1 N–H and O–H groups in total. The molecule has 3 heteroatoms. The van der Waals surface area contributed by atoms with Gasteiger partial charge < -0.3 is 5.11 Å². The van der Waals surface area contributed by atoms with Gasteiger partial charge in [-0.05, 0) is 26.2 Å². The highest BCUT2D eigenvalue weighted by Gasteiger charge is 2.46. The maximum Gasteiger partial charge on any atom is 0.123 e. The van der Waals surface area contributed by atoms with Crippen LogP contribution in [-0.2, 0) is 0 Å². The number of hydrogen-bond acceptors (Lipinski definition) is 2. The van der Waals surface area contributed by atoms with Crippen molar-refractivity contribution in [3.05, 3.63) is 0 Å². The van der Waals surface area contributed by atoms with Gasteiger partial charge in [-0.2, -0.15) is 0 Å². The summed E-state index contributed by atoms with van der Waals surface area (Å²) in [6, 6.07) is 0. The minimum Gasteiger partial charge on any atom is -0.389 e. The molecule has 0 amide bonds. The van der Waals surface area contributed by atoms with Gasteiger partial charge in [-0.1, -0.05) is 0 Å². The summed E-state index contributed by atoms with van der Waals surface area (Å²) < 4.78 is 13.3. The molecule has 2 fully saturated rings. The molecule has 0 bridgehead atoms. The standard InChI is InChI=1S/C9H16FNO/c1-8(12)4-5-11(6-8)7-9(10)2-3-9/h12H,2-7H2,1H3. The zero-order chi connectivity index (χ0) is 8.82. The van der Waals surface area contributed by atoms with E-state index in [1.807, 2.05) is 11.8 Å². The van der Waals surface area contributed by atoms with Gasteiger partial charge in [0.1, 0.15) is 5.67 Å². The van der Waals surface area contributed by atoms with Crippen LogP contribution in [-0.4, -0.2) is 40.9 Å². The highest BCUT2D eigenvalue weighted by atomic mass is 19.1. The van der Waals surface area contributed by atoms with E-state index < -0.39 is 11.3 Å². The van der Waals surface area contributed by atoms with E-state index in [1.165, 1.54) is 0 Å². The van der Waals surface area contributed by atoms with Crippen LogP contribution in [0.1, 0.15) is 26.2 Å². The lowest BCUT2D eigenvalue weighted by Crippen LogP contribution is -2.34. The summed E-state index contributed by atoms with van der Waals surface area (Å²) in [5, 5.41) is 9.62. The Labute approximate surface area is 72.4 Å². The number of nitrogens with zero attached hydrogens (tertiary/aromatic N) is 1. The van der Waals surface area contributed by atoms with Gasteiger partial charge in [0.2, 0.25) is 0 Å². The summed E-state index contributed by atoms with van der Waals surface area (Å²) in [7, 11) is 0. The second-order valence-corrected chi connectivity index (χ2v) is 4.61. The zero-order valence-electron chi connectivity index (χ0n) is 7.52. The van der Waals surface area contributed by atoms with Gasteiger partial charge in [-0.25, -0.2) is 4.39 Å². The maximum atomic E-state index is 13.3. The molecule has 0 aromatic carbocycles. The Balaban J connectivity index is 1.84. The predicted molar refractivity (Wildman–Crippen MR) is 44.8 cm³/mol. The molecule has 2 nitrogen and oxygen atoms in total. The van der Waals surface area contributed by atoms with E-state index >= 15 is 0 Å². The lowest BCUT2D eigenvalue weighted by Gasteiger charge is -2.20. The number of halogens is 1. The minimum absolute atomic E-state index is 0.531. The van der Waals surface area contributed by atoms with Crippen molar-refractivity contribution < 1.29 is 9.50 Å². The third-order valence-electron chi connectivity index (χ3n) is 2.83. The van der Waals surface area contributed by atoms with Gasteiger partial charge in [-0.3, -0.25) is 4.90 Å². The third kappa shape index (κ3) is 1.77. The molecule has 1 saturated carbocycles. The molecule has 1 unspecified atom stereocenters. The monoisotopic (exact) mass is 173 g/mol. The minimum atomic E-state index is -0.902. The second kappa shape index (κ2) is 2.42. The van der Waals surface area contributed by atoms with Crippen LogP contribution in [0.4, 0.5) is 4.39 Å². The molecule has 0 radical (unpaired) electrons. The van der Waals surface area contributed by atoms with E-state index in [0.717, 1.165) is 13.0 Å². The summed E-state index contributed by atoms with van der Waals surface area (Å²) in [5.41, 5.74) is -1.48. The first kappa shape index (κ1) is 8.45. The van der Waals surface area contributed by atoms with Gasteiger partial charge in [-0.15, -0.1) is 0 Å². The van der Waals surface area contributed by atoms with E-state index in [4.69, 9.17) is 0 Å². The van der Waals surface area contributed by atoms with Crippen molar-refractivity contribution in [3.63, 3.8) is 0 Å². The van der Waals surface area contributed by atoms with Gasteiger partial charge >= 0.3 is 0 Å². The van der Waals surface area contributed by atoms with Gasteiger partial charge in [0.25, 0.3) is 0 Å². The molecule has 0 aromatic rings. The Morgan fingerprint density at radius 1 is 1.42 bits per heavy atom. The number of likely N-dealkylation sites (tertiary alicyclic amines) is 1. The van der Waals surface area contributed by atoms with Crippen molar-refractivity contribution in [2.75, 3.05) is 19.6 Å². The molecule has 0 aromatic heterocycles. The van der Waals surface area contributed by atoms with Crippen LogP contribution in [0.25, 0.3) is 0 Å². The first-order valence-electron chi connectivity index (χ1n) is 4.63. The van der Waals surface area contributed by atoms with Gasteiger partial charge in [0, 0.05) is 19.6 Å². The Kier molecular flexibility index (Phi) is 1.70. The molecule has 0 spiro atoms. The Morgan fingerprint density at radius 3 is 2.50 bits per heavy atom. The number of aliphatic hydroxyl groups is 1. The lowest BCUT2D eigenvalue weighted by molar-refractivity contribution is 0.0641. The molecular weight excluding hydrogens is 157 g/mol. The van der Waals surface area contributed by atoms with Crippen LogP contribution in [0.15, 0.2) is 0 Å². The van der Waals surface area contributed by atoms with Crippen LogP contribution >= 0.6 is 0 Å². The second-order valence-electron chi connectivity index (χ2n) is 4.61. The average Bonchev–Trinajstić information content (AvgIpc) is 2.53. The smallest absolute Gasteiger partial charge is 0.123 e. The van der Waals surface area contributed by atoms with Crippen LogP contribution in [0.3, 0.4) is 0 Å². The average molecular weight is 173 g/mol. The van der Waals surface area contributed by atoms with Crippen LogP contribution < -0.4 is 0 Å². The highest BCUT2D eigenvalue weighted by molar-refractivity contribution is 4.99. The quantitative estimate of drug-likeness (QED) is 0.672. The fourth-order valence-electron chi connectivity index (χ4n) is 1.87. The van der Waals surface area contributed by atoms with Crippen LogP contribution in [0.2, 0.25) is 0 Å². The van der Waals surface area contributed by atoms with Crippen molar-refractivity contribution >= 4 is 0 Å². The molecular formula is C9H16FNO. The van der Waals surface area contributed by atoms with Crippen LogP contribution in [0, 0.1) is 0 Å². The van der Waals surface area contributed by atoms with E-state index in [0.29, 0.717) is 25.9 Å². The van der Waals surface area contributed by atoms with Crippen molar-refractivity contribution in [2.24, 2.45) is 0 Å². The molecule has 2 aliphatic rings. The van der Waals surface area contributed by atoms with E-state index in [2.05, 4.69) is 0 Å². The molecule has 1 aliphatic carbocycles. The first-order chi connectivity index (χ1) is 5.49. The van der Waals surface area contributed by atoms with Crippen LogP contribution in [0.5, 0.6) is 0 Å². The highest BCUT2D eigenvalue weighted by Crippen LogP contribution is 2.41. The first-order valence-corrected chi connectivity index (χ1v) is 4.63. The van der Waals surface area contributed by atoms with Gasteiger partial charge in [0.05, 0.1) is 5.60 Å². The Morgan fingerprint density at radius 2 is 2.08 bits per heavy atom. The van der Waals surface area contributed by atoms with E-state index in [-0.39, 0.29) is 0 Å². The maximum absolute atomic E-state index is 13.3. The van der Waals surface area contributed by atoms with Crippen molar-refractivity contribution in [1.82, 2.24) is 4.90 Å². The number of rotatable bonds is 2. The summed E-state index contributed by atoms with van der Waals surface area (Å²) in [6.07, 6.45) is 2.21. The summed E-state index contributed by atoms with van der Waals surface area (Å²) >= 11 is 0. The number of hydrogen-bond donors (Lipinski definition) is 1. The van der Waals surface area contributed by atoms with Crippen molar-refractivity contribution in [2.45, 2.75) is 37.5 Å². The largest absolute Gasteiger partial charge is 0.389 e. The fourth-order valence-corrected chi connectivity index (χ4v) is 1.87. The van der Waals surface area contributed by atoms with Crippen molar-refractivity contribution in [1.29, 1.82) is 0 Å². The number of β-amino-alcohol motifs (C(OH)–C–C–N with tert-alkyl or cyclic N) is 1. The van der Waals surface area contributed by atoms with Gasteiger partial charge in [0.15, 0.2) is 0 Å².